The fourth-order valence-corrected chi connectivity index (χ4v) is 4.87. The van der Waals surface area contributed by atoms with Crippen LogP contribution in [0.25, 0.3) is 0 Å². The number of amides is 1. The number of benzene rings is 2. The summed E-state index contributed by atoms with van der Waals surface area (Å²) in [4.78, 5) is 12.8. The Kier molecular flexibility index (Phi) is 7.33. The van der Waals surface area contributed by atoms with Gasteiger partial charge in [-0.1, -0.05) is 18.2 Å². The maximum absolute atomic E-state index is 12.8. The molecule has 2 aromatic rings. The first-order valence-electron chi connectivity index (χ1n) is 10.0. The third-order valence-corrected chi connectivity index (χ3v) is 7.07. The van der Waals surface area contributed by atoms with E-state index in [4.69, 9.17) is 9.47 Å². The molecule has 3 rings (SSSR count). The molecule has 1 aliphatic rings. The molecule has 0 aliphatic carbocycles. The van der Waals surface area contributed by atoms with Gasteiger partial charge in [0.05, 0.1) is 18.0 Å². The highest BCUT2D eigenvalue weighted by molar-refractivity contribution is 7.89. The van der Waals surface area contributed by atoms with E-state index in [2.05, 4.69) is 5.32 Å². The van der Waals surface area contributed by atoms with E-state index in [1.807, 2.05) is 37.3 Å². The number of piperidine rings is 1. The third kappa shape index (κ3) is 5.52. The summed E-state index contributed by atoms with van der Waals surface area (Å²) in [7, 11) is -2.04. The number of nitrogens with zero attached hydrogens (tertiary/aromatic N) is 1. The van der Waals surface area contributed by atoms with Crippen molar-refractivity contribution >= 4 is 15.9 Å². The van der Waals surface area contributed by atoms with Gasteiger partial charge in [-0.15, -0.1) is 0 Å². The smallest absolute Gasteiger partial charge is 0.243 e. The Morgan fingerprint density at radius 3 is 2.30 bits per heavy atom. The zero-order chi connectivity index (χ0) is 21.6. The van der Waals surface area contributed by atoms with Gasteiger partial charge in [-0.2, -0.15) is 4.31 Å². The lowest BCUT2D eigenvalue weighted by Gasteiger charge is -2.31. The van der Waals surface area contributed by atoms with Gasteiger partial charge in [0, 0.05) is 19.0 Å². The second-order valence-electron chi connectivity index (χ2n) is 7.39. The lowest BCUT2D eigenvalue weighted by Crippen LogP contribution is -2.45. The highest BCUT2D eigenvalue weighted by Crippen LogP contribution is 2.25. The summed E-state index contributed by atoms with van der Waals surface area (Å²) in [5.74, 6) is 1.11. The van der Waals surface area contributed by atoms with Crippen LogP contribution in [-0.2, 0) is 14.8 Å². The molecule has 1 amide bonds. The first-order chi connectivity index (χ1) is 14.4. The number of para-hydroxylation sites is 1. The summed E-state index contributed by atoms with van der Waals surface area (Å²) >= 11 is 0. The lowest BCUT2D eigenvalue weighted by molar-refractivity contribution is -0.126. The molecule has 30 heavy (non-hydrogen) atoms. The van der Waals surface area contributed by atoms with Crippen LogP contribution in [-0.4, -0.2) is 51.5 Å². The Labute approximate surface area is 178 Å². The first kappa shape index (κ1) is 22.1. The van der Waals surface area contributed by atoms with Gasteiger partial charge in [-0.3, -0.25) is 4.79 Å². The van der Waals surface area contributed by atoms with E-state index < -0.39 is 10.0 Å². The van der Waals surface area contributed by atoms with E-state index in [1.165, 1.54) is 11.4 Å². The Bertz CT molecular complexity index is 924. The summed E-state index contributed by atoms with van der Waals surface area (Å²) < 4.78 is 37.9. The third-order valence-electron chi connectivity index (χ3n) is 5.15. The van der Waals surface area contributed by atoms with Crippen LogP contribution < -0.4 is 14.8 Å². The minimum Gasteiger partial charge on any atom is -0.497 e. The van der Waals surface area contributed by atoms with Crippen LogP contribution in [0.15, 0.2) is 59.5 Å². The Morgan fingerprint density at radius 2 is 1.70 bits per heavy atom. The minimum atomic E-state index is -3.57. The SMILES string of the molecule is COc1ccc(S(=O)(=O)N2CCC(C(=O)NC(C)COc3ccccc3)CC2)cc1. The molecule has 0 bridgehead atoms. The van der Waals surface area contributed by atoms with Crippen molar-refractivity contribution in [2.24, 2.45) is 5.92 Å². The van der Waals surface area contributed by atoms with Gasteiger partial charge < -0.3 is 14.8 Å². The molecule has 1 atom stereocenters. The molecule has 1 N–H and O–H groups in total. The van der Waals surface area contributed by atoms with Crippen LogP contribution in [0, 0.1) is 5.92 Å². The molecule has 7 nitrogen and oxygen atoms in total. The Hall–Kier alpha value is -2.58. The standard InChI is InChI=1S/C22H28N2O5S/c1-17(16-29-20-6-4-3-5-7-20)23-22(25)18-12-14-24(15-13-18)30(26,27)21-10-8-19(28-2)9-11-21/h3-11,17-18H,12-16H2,1-2H3,(H,23,25). The van der Waals surface area contributed by atoms with Crippen LogP contribution in [0.2, 0.25) is 0 Å². The molecule has 1 saturated heterocycles. The zero-order valence-electron chi connectivity index (χ0n) is 17.3. The Morgan fingerprint density at radius 1 is 1.07 bits per heavy atom. The van der Waals surface area contributed by atoms with Gasteiger partial charge in [0.2, 0.25) is 15.9 Å². The predicted molar refractivity (Wildman–Crippen MR) is 114 cm³/mol. The largest absolute Gasteiger partial charge is 0.497 e. The van der Waals surface area contributed by atoms with Crippen LogP contribution >= 0.6 is 0 Å². The van der Waals surface area contributed by atoms with Crippen molar-refractivity contribution in [1.82, 2.24) is 9.62 Å². The maximum Gasteiger partial charge on any atom is 0.243 e. The monoisotopic (exact) mass is 432 g/mol. The van der Waals surface area contributed by atoms with Gasteiger partial charge in [0.25, 0.3) is 0 Å². The molecule has 0 aromatic heterocycles. The van der Waals surface area contributed by atoms with Crippen molar-refractivity contribution in [3.05, 3.63) is 54.6 Å². The van der Waals surface area contributed by atoms with Crippen LogP contribution in [0.1, 0.15) is 19.8 Å². The van der Waals surface area contributed by atoms with Crippen LogP contribution in [0.4, 0.5) is 0 Å². The van der Waals surface area contributed by atoms with Gasteiger partial charge in [0.1, 0.15) is 18.1 Å². The number of ether oxygens (including phenoxy) is 2. The maximum atomic E-state index is 12.8. The van der Waals surface area contributed by atoms with Gasteiger partial charge >= 0.3 is 0 Å². The number of rotatable bonds is 8. The van der Waals surface area contributed by atoms with E-state index in [0.717, 1.165) is 5.75 Å². The van der Waals surface area contributed by atoms with Crippen molar-refractivity contribution in [3.63, 3.8) is 0 Å². The van der Waals surface area contributed by atoms with Crippen molar-refractivity contribution in [2.45, 2.75) is 30.7 Å². The van der Waals surface area contributed by atoms with Gasteiger partial charge in [0.15, 0.2) is 0 Å². The van der Waals surface area contributed by atoms with E-state index in [9.17, 15) is 13.2 Å². The average molecular weight is 433 g/mol. The summed E-state index contributed by atoms with van der Waals surface area (Å²) in [6.07, 6.45) is 0.987. The molecule has 8 heteroatoms. The molecule has 162 valence electrons. The van der Waals surface area contributed by atoms with Crippen LogP contribution in [0.5, 0.6) is 11.5 Å². The molecule has 0 spiro atoms. The normalized spacial score (nSPS) is 16.6. The molecule has 1 aliphatic heterocycles. The molecule has 2 aromatic carbocycles. The topological polar surface area (TPSA) is 84.9 Å². The number of methoxy groups -OCH3 is 1. The minimum absolute atomic E-state index is 0.0549. The molecule has 0 radical (unpaired) electrons. The summed E-state index contributed by atoms with van der Waals surface area (Å²) in [5.41, 5.74) is 0. The number of nitrogens with one attached hydrogen (secondary N) is 1. The second kappa shape index (κ2) is 9.95. The van der Waals surface area contributed by atoms with E-state index in [-0.39, 0.29) is 22.8 Å². The molecular formula is C22H28N2O5S. The number of carbonyl (C=O) groups excluding carboxylic acids is 1. The molecular weight excluding hydrogens is 404 g/mol. The quantitative estimate of drug-likeness (QED) is 0.693. The number of carbonyl (C=O) groups is 1. The molecule has 0 saturated carbocycles. The summed E-state index contributed by atoms with van der Waals surface area (Å²) in [5, 5.41) is 2.97. The predicted octanol–water partition coefficient (Wildman–Crippen LogP) is 2.68. The van der Waals surface area contributed by atoms with Gasteiger partial charge in [-0.05, 0) is 56.2 Å². The van der Waals surface area contributed by atoms with E-state index >= 15 is 0 Å². The Balaban J connectivity index is 1.48. The molecule has 1 unspecified atom stereocenters. The average Bonchev–Trinajstić information content (AvgIpc) is 2.78. The van der Waals surface area contributed by atoms with E-state index in [0.29, 0.717) is 38.3 Å². The molecule has 1 fully saturated rings. The second-order valence-corrected chi connectivity index (χ2v) is 9.33. The van der Waals surface area contributed by atoms with Crippen LogP contribution in [0.3, 0.4) is 0 Å². The van der Waals surface area contributed by atoms with Crippen molar-refractivity contribution in [3.8, 4) is 11.5 Å². The fourth-order valence-electron chi connectivity index (χ4n) is 3.40. The first-order valence-corrected chi connectivity index (χ1v) is 11.5. The lowest BCUT2D eigenvalue weighted by atomic mass is 9.97. The van der Waals surface area contributed by atoms with Gasteiger partial charge in [-0.25, -0.2) is 8.42 Å². The summed E-state index contributed by atoms with van der Waals surface area (Å²) in [6, 6.07) is 15.7. The number of hydrogen-bond donors (Lipinski definition) is 1. The fraction of sp³-hybridized carbons (Fsp3) is 0.409. The summed E-state index contributed by atoms with van der Waals surface area (Å²) in [6.45, 7) is 2.91. The highest BCUT2D eigenvalue weighted by Gasteiger charge is 2.32. The highest BCUT2D eigenvalue weighted by atomic mass is 32.2. The van der Waals surface area contributed by atoms with E-state index in [1.54, 1.807) is 24.3 Å². The van der Waals surface area contributed by atoms with Crippen molar-refractivity contribution < 1.29 is 22.7 Å². The van der Waals surface area contributed by atoms with Crippen molar-refractivity contribution in [1.29, 1.82) is 0 Å². The van der Waals surface area contributed by atoms with Crippen molar-refractivity contribution in [2.75, 3.05) is 26.8 Å². The number of hydrogen-bond acceptors (Lipinski definition) is 5. The molecule has 1 heterocycles. The number of sulfonamides is 1. The zero-order valence-corrected chi connectivity index (χ0v) is 18.1.